The lowest BCUT2D eigenvalue weighted by atomic mass is 9.83. The van der Waals surface area contributed by atoms with Gasteiger partial charge in [-0.3, -0.25) is 4.79 Å². The molecule has 0 aromatic rings. The lowest BCUT2D eigenvalue weighted by molar-refractivity contribution is -0.133. The monoisotopic (exact) mass is 382 g/mol. The van der Waals surface area contributed by atoms with Crippen LogP contribution in [-0.2, 0) is 14.8 Å². The molecule has 3 unspecified atom stereocenters. The van der Waals surface area contributed by atoms with E-state index in [4.69, 9.17) is 0 Å². The number of sulfonamides is 1. The second-order valence-corrected chi connectivity index (χ2v) is 10.8. The van der Waals surface area contributed by atoms with Crippen LogP contribution in [0, 0.1) is 17.8 Å². The van der Waals surface area contributed by atoms with Crippen molar-refractivity contribution in [3.8, 4) is 0 Å². The second-order valence-electron chi connectivity index (χ2n) is 8.69. The number of carbonyl (C=O) groups is 1. The fraction of sp³-hybridized carbons (Fsp3) is 0.850. The third kappa shape index (κ3) is 4.89. The molecule has 3 atom stereocenters. The number of likely N-dealkylation sites (tertiary alicyclic amines) is 1. The average molecular weight is 383 g/mol. The van der Waals surface area contributed by atoms with Crippen molar-refractivity contribution in [3.05, 3.63) is 11.6 Å². The zero-order valence-corrected chi connectivity index (χ0v) is 17.1. The molecule has 0 spiro atoms. The fourth-order valence-electron chi connectivity index (χ4n) is 4.91. The highest BCUT2D eigenvalue weighted by Gasteiger charge is 2.32. The van der Waals surface area contributed by atoms with Gasteiger partial charge in [-0.1, -0.05) is 25.5 Å². The summed E-state index contributed by atoms with van der Waals surface area (Å²) < 4.78 is 27.0. The smallest absolute Gasteiger partial charge is 0.222 e. The minimum Gasteiger partial charge on any atom is -0.342 e. The molecule has 26 heavy (non-hydrogen) atoms. The molecular formula is C20H34N2O3S. The van der Waals surface area contributed by atoms with Gasteiger partial charge in [0.2, 0.25) is 15.9 Å². The molecule has 0 radical (unpaired) electrons. The van der Waals surface area contributed by atoms with Crippen molar-refractivity contribution in [2.75, 3.05) is 31.9 Å². The summed E-state index contributed by atoms with van der Waals surface area (Å²) in [6, 6.07) is 0. The first-order valence-corrected chi connectivity index (χ1v) is 11.9. The minimum absolute atomic E-state index is 0.0929. The van der Waals surface area contributed by atoms with Gasteiger partial charge in [0.15, 0.2) is 0 Å². The molecular weight excluding hydrogens is 348 g/mol. The van der Waals surface area contributed by atoms with Crippen molar-refractivity contribution in [2.45, 2.75) is 58.8 Å². The molecule has 0 aromatic heterocycles. The Labute approximate surface area is 158 Å². The number of rotatable bonds is 5. The van der Waals surface area contributed by atoms with Crippen molar-refractivity contribution in [2.24, 2.45) is 17.8 Å². The Morgan fingerprint density at radius 2 is 1.92 bits per heavy atom. The van der Waals surface area contributed by atoms with Crippen molar-refractivity contribution >= 4 is 15.9 Å². The van der Waals surface area contributed by atoms with Crippen molar-refractivity contribution < 1.29 is 13.2 Å². The van der Waals surface area contributed by atoms with Gasteiger partial charge in [-0.25, -0.2) is 8.42 Å². The summed E-state index contributed by atoms with van der Waals surface area (Å²) in [5, 5.41) is 0. The van der Waals surface area contributed by atoms with E-state index in [-0.39, 0.29) is 11.7 Å². The van der Waals surface area contributed by atoms with Gasteiger partial charge in [0.1, 0.15) is 0 Å². The van der Waals surface area contributed by atoms with Gasteiger partial charge in [-0.2, -0.15) is 4.31 Å². The molecule has 3 aliphatic rings. The van der Waals surface area contributed by atoms with Gasteiger partial charge in [0.25, 0.3) is 0 Å². The SMILES string of the molecule is CC1CC(C)CN(C(=O)CCCS(=O)(=O)N2CCC3CCCC=C3C2)C1. The van der Waals surface area contributed by atoms with E-state index in [1.54, 1.807) is 4.31 Å². The molecule has 0 saturated carbocycles. The molecule has 5 nitrogen and oxygen atoms in total. The zero-order chi connectivity index (χ0) is 18.7. The Hall–Kier alpha value is -0.880. The molecule has 6 heteroatoms. The number of fused-ring (bicyclic) bond motifs is 1. The molecule has 2 fully saturated rings. The molecule has 2 heterocycles. The predicted octanol–water partition coefficient (Wildman–Crippen LogP) is 3.03. The van der Waals surface area contributed by atoms with Crippen LogP contribution >= 0.6 is 0 Å². The molecule has 0 bridgehead atoms. The van der Waals surface area contributed by atoms with E-state index in [9.17, 15) is 13.2 Å². The minimum atomic E-state index is -3.26. The predicted molar refractivity (Wildman–Crippen MR) is 104 cm³/mol. The Bertz CT molecular complexity index is 633. The summed E-state index contributed by atoms with van der Waals surface area (Å²) in [5.41, 5.74) is 1.32. The van der Waals surface area contributed by atoms with E-state index in [2.05, 4.69) is 19.9 Å². The highest BCUT2D eigenvalue weighted by Crippen LogP contribution is 2.33. The van der Waals surface area contributed by atoms with Gasteiger partial charge in [-0.05, 0) is 56.3 Å². The zero-order valence-electron chi connectivity index (χ0n) is 16.3. The molecule has 0 N–H and O–H groups in total. The molecule has 148 valence electrons. The summed E-state index contributed by atoms with van der Waals surface area (Å²) in [6.07, 6.45) is 8.67. The third-order valence-corrected chi connectivity index (χ3v) is 8.08. The molecule has 2 aliphatic heterocycles. The topological polar surface area (TPSA) is 57.7 Å². The van der Waals surface area contributed by atoms with Crippen LogP contribution in [0.5, 0.6) is 0 Å². The second kappa shape index (κ2) is 8.42. The number of carbonyl (C=O) groups excluding carboxylic acids is 1. The molecule has 2 saturated heterocycles. The maximum absolute atomic E-state index is 12.7. The lowest BCUT2D eigenvalue weighted by Crippen LogP contribution is -2.43. The number of piperidine rings is 2. The van der Waals surface area contributed by atoms with Crippen LogP contribution in [0.1, 0.15) is 58.8 Å². The molecule has 3 rings (SSSR count). The van der Waals surface area contributed by atoms with Crippen molar-refractivity contribution in [3.63, 3.8) is 0 Å². The average Bonchev–Trinajstić information content (AvgIpc) is 2.60. The van der Waals surface area contributed by atoms with E-state index in [1.165, 1.54) is 24.8 Å². The Morgan fingerprint density at radius 3 is 2.65 bits per heavy atom. The van der Waals surface area contributed by atoms with Gasteiger partial charge >= 0.3 is 0 Å². The van der Waals surface area contributed by atoms with Crippen LogP contribution in [0.15, 0.2) is 11.6 Å². The van der Waals surface area contributed by atoms with Gasteiger partial charge in [0, 0.05) is 32.6 Å². The first-order chi connectivity index (χ1) is 12.3. The van der Waals surface area contributed by atoms with E-state index >= 15 is 0 Å². The Morgan fingerprint density at radius 1 is 1.19 bits per heavy atom. The summed E-state index contributed by atoms with van der Waals surface area (Å²) in [5.74, 6) is 1.88. The lowest BCUT2D eigenvalue weighted by Gasteiger charge is -2.36. The Kier molecular flexibility index (Phi) is 6.44. The summed E-state index contributed by atoms with van der Waals surface area (Å²) >= 11 is 0. The van der Waals surface area contributed by atoms with Crippen LogP contribution in [0.2, 0.25) is 0 Å². The van der Waals surface area contributed by atoms with Crippen molar-refractivity contribution in [1.82, 2.24) is 9.21 Å². The highest BCUT2D eigenvalue weighted by molar-refractivity contribution is 7.89. The fourth-order valence-corrected chi connectivity index (χ4v) is 6.40. The number of amides is 1. The molecule has 0 aromatic carbocycles. The molecule has 1 aliphatic carbocycles. The summed E-state index contributed by atoms with van der Waals surface area (Å²) in [4.78, 5) is 14.4. The van der Waals surface area contributed by atoms with Crippen LogP contribution in [0.3, 0.4) is 0 Å². The quantitative estimate of drug-likeness (QED) is 0.687. The first kappa shape index (κ1) is 19.9. The third-order valence-electron chi connectivity index (χ3n) is 6.18. The normalized spacial score (nSPS) is 30.6. The van der Waals surface area contributed by atoms with Crippen LogP contribution < -0.4 is 0 Å². The highest BCUT2D eigenvalue weighted by atomic mass is 32.2. The van der Waals surface area contributed by atoms with Gasteiger partial charge in [-0.15, -0.1) is 0 Å². The van der Waals surface area contributed by atoms with Crippen LogP contribution in [0.4, 0.5) is 0 Å². The summed E-state index contributed by atoms with van der Waals surface area (Å²) in [7, 11) is -3.26. The number of hydrogen-bond donors (Lipinski definition) is 0. The van der Waals surface area contributed by atoms with Gasteiger partial charge in [0.05, 0.1) is 5.75 Å². The van der Waals surface area contributed by atoms with Crippen LogP contribution in [-0.4, -0.2) is 55.5 Å². The maximum Gasteiger partial charge on any atom is 0.222 e. The maximum atomic E-state index is 12.7. The van der Waals surface area contributed by atoms with Gasteiger partial charge < -0.3 is 4.90 Å². The van der Waals surface area contributed by atoms with Crippen molar-refractivity contribution in [1.29, 1.82) is 0 Å². The van der Waals surface area contributed by atoms with Crippen LogP contribution in [0.25, 0.3) is 0 Å². The summed E-state index contributed by atoms with van der Waals surface area (Å²) in [6.45, 7) is 7.21. The Balaban J connectivity index is 1.47. The largest absolute Gasteiger partial charge is 0.342 e. The molecule has 1 amide bonds. The first-order valence-electron chi connectivity index (χ1n) is 10.3. The van der Waals surface area contributed by atoms with E-state index in [1.807, 2.05) is 4.90 Å². The van der Waals surface area contributed by atoms with E-state index in [0.29, 0.717) is 43.7 Å². The van der Waals surface area contributed by atoms with E-state index in [0.717, 1.165) is 25.9 Å². The van der Waals surface area contributed by atoms with E-state index < -0.39 is 10.0 Å². The standard InChI is InChI=1S/C20H34N2O3S/c1-16-12-17(2)14-21(13-16)20(23)8-5-11-26(24,25)22-10-9-18-6-3-4-7-19(18)15-22/h7,16-18H,3-6,8-15H2,1-2H3. The number of allylic oxidation sites excluding steroid dienone is 1. The number of nitrogens with zero attached hydrogens (tertiary/aromatic N) is 2. The number of hydrogen-bond acceptors (Lipinski definition) is 3.